The number of benzene rings is 7. The van der Waals surface area contributed by atoms with E-state index in [4.69, 9.17) is 0 Å². The number of halogens is 12. The van der Waals surface area contributed by atoms with Crippen LogP contribution in [0.1, 0.15) is 38.9 Å². The van der Waals surface area contributed by atoms with Gasteiger partial charge in [0.15, 0.2) is 0 Å². The first-order chi connectivity index (χ1) is 28.4. The Morgan fingerprint density at radius 3 is 0.633 bits per heavy atom. The van der Waals surface area contributed by atoms with Crippen LogP contribution in [0.25, 0.3) is 0 Å². The van der Waals surface area contributed by atoms with E-state index in [0.29, 0.717) is 48.5 Å². The molecule has 60 heavy (non-hydrogen) atoms. The molecule has 13 heteroatoms. The minimum atomic E-state index is -5.38. The summed E-state index contributed by atoms with van der Waals surface area (Å²) in [6.07, 6.45) is -26.0. The van der Waals surface area contributed by atoms with Crippen molar-refractivity contribution in [2.75, 3.05) is 0 Å². The molecule has 0 amide bonds. The van der Waals surface area contributed by atoms with Crippen molar-refractivity contribution in [3.63, 3.8) is 0 Å². The molecule has 0 radical (unpaired) electrons. The van der Waals surface area contributed by atoms with Gasteiger partial charge in [-0.15, -0.1) is 0 Å². The molecule has 306 valence electrons. The Hall–Kier alpha value is -6.37. The lowest BCUT2D eigenvalue weighted by Crippen LogP contribution is -2.78. The zero-order chi connectivity index (χ0) is 43.3. The van der Waals surface area contributed by atoms with E-state index in [1.165, 1.54) is 22.6 Å². The van der Waals surface area contributed by atoms with Crippen molar-refractivity contribution in [1.82, 2.24) is 0 Å². The second-order valence-electron chi connectivity index (χ2n) is 13.7. The maximum absolute atomic E-state index is 14.5. The number of hydrogen-bond acceptors (Lipinski definition) is 0. The van der Waals surface area contributed by atoms with Crippen molar-refractivity contribution >= 4 is 28.0 Å². The summed E-state index contributed by atoms with van der Waals surface area (Å²) in [7, 11) is 0. The van der Waals surface area contributed by atoms with Crippen molar-refractivity contribution in [3.8, 4) is 0 Å². The van der Waals surface area contributed by atoms with Gasteiger partial charge in [0.1, 0.15) is 6.15 Å². The minimum Gasteiger partial charge on any atom is -0.183 e. The van der Waals surface area contributed by atoms with Gasteiger partial charge in [0.05, 0.1) is 22.6 Å². The Bertz CT molecular complexity index is 2160. The maximum Gasteiger partial charge on any atom is 0.413 e. The van der Waals surface area contributed by atoms with Crippen molar-refractivity contribution < 1.29 is 52.7 Å². The minimum absolute atomic E-state index is 0.411. The molecule has 0 unspecified atom stereocenters. The Kier molecular flexibility index (Phi) is 12.3. The van der Waals surface area contributed by atoms with E-state index in [9.17, 15) is 52.7 Å². The van der Waals surface area contributed by atoms with Gasteiger partial charge >= 0.3 is 24.7 Å². The number of rotatable bonds is 7. The first-order valence-corrected chi connectivity index (χ1v) is 18.2. The lowest BCUT2D eigenvalue weighted by atomic mass is 9.11. The van der Waals surface area contributed by atoms with Gasteiger partial charge in [-0.1, -0.05) is 115 Å². The fourth-order valence-electron chi connectivity index (χ4n) is 7.85. The molecular formula is C47H31BF12. The largest absolute Gasteiger partial charge is 0.413 e. The van der Waals surface area contributed by atoms with E-state index in [1.807, 2.05) is 0 Å². The standard InChI is InChI=1S/C28H16BF12.C19H15/c30-25(31,32)17-9-1-5-13-21(17)29(22-14-6-2-10-18(22)26(33,34)35,23-15-7-3-11-19(23)27(36,37)38)24-16-8-4-12-20(24)28(39,40)41;1-4-10-16(11-5-1)19(17-12-6-2-7-13-17)18-14-8-3-9-15-18/h1-16H;1-15H/q-1;+1. The van der Waals surface area contributed by atoms with Crippen LogP contribution in [0.2, 0.25) is 0 Å². The van der Waals surface area contributed by atoms with Crippen LogP contribution < -0.4 is 21.9 Å². The summed E-state index contributed by atoms with van der Waals surface area (Å²) in [4.78, 5) is 0. The molecule has 0 aliphatic carbocycles. The highest BCUT2D eigenvalue weighted by molar-refractivity contribution is 7.20. The van der Waals surface area contributed by atoms with Crippen molar-refractivity contribution in [2.45, 2.75) is 24.7 Å². The molecule has 0 aromatic heterocycles. The summed E-state index contributed by atoms with van der Waals surface area (Å²) in [5, 5.41) is 0. The molecular weight excluding hydrogens is 803 g/mol. The summed E-state index contributed by atoms with van der Waals surface area (Å²) < 4.78 is 174. The average molecular weight is 835 g/mol. The summed E-state index contributed by atoms with van der Waals surface area (Å²) in [5.41, 5.74) is -7.76. The summed E-state index contributed by atoms with van der Waals surface area (Å²) >= 11 is 0. The molecule has 0 saturated heterocycles. The van der Waals surface area contributed by atoms with Gasteiger partial charge in [-0.25, -0.2) is 0 Å². The smallest absolute Gasteiger partial charge is 0.183 e. The Balaban J connectivity index is 0.000000263. The Labute approximate surface area is 337 Å². The van der Waals surface area contributed by atoms with Crippen LogP contribution in [0.4, 0.5) is 52.7 Å². The molecule has 7 rings (SSSR count). The third-order valence-corrected chi connectivity index (χ3v) is 10.1. The molecule has 0 aliphatic rings. The normalized spacial score (nSPS) is 12.3. The fraction of sp³-hybridized carbons (Fsp3) is 0.0851. The molecule has 0 atom stereocenters. The topological polar surface area (TPSA) is 0 Å². The molecule has 0 spiro atoms. The van der Waals surface area contributed by atoms with Gasteiger partial charge in [0.2, 0.25) is 0 Å². The van der Waals surface area contributed by atoms with Gasteiger partial charge in [-0.05, 0) is 72.8 Å². The van der Waals surface area contributed by atoms with Gasteiger partial charge in [0, 0.05) is 22.3 Å². The molecule has 0 bridgehead atoms. The van der Waals surface area contributed by atoms with Crippen LogP contribution in [0, 0.1) is 5.92 Å². The monoisotopic (exact) mass is 834 g/mol. The van der Waals surface area contributed by atoms with Crippen LogP contribution in [0.5, 0.6) is 0 Å². The first kappa shape index (κ1) is 43.2. The van der Waals surface area contributed by atoms with Gasteiger partial charge in [-0.2, -0.15) is 74.5 Å². The first-order valence-electron chi connectivity index (χ1n) is 18.2. The third-order valence-electron chi connectivity index (χ3n) is 10.1. The maximum atomic E-state index is 14.5. The van der Waals surface area contributed by atoms with Crippen LogP contribution in [-0.2, 0) is 24.7 Å². The highest BCUT2D eigenvalue weighted by atomic mass is 19.4. The highest BCUT2D eigenvalue weighted by Gasteiger charge is 2.49. The second-order valence-corrected chi connectivity index (χ2v) is 13.7. The van der Waals surface area contributed by atoms with Crippen LogP contribution >= 0.6 is 0 Å². The van der Waals surface area contributed by atoms with E-state index in [1.54, 1.807) is 0 Å². The van der Waals surface area contributed by atoms with E-state index >= 15 is 0 Å². The zero-order valence-corrected chi connectivity index (χ0v) is 31.0. The highest BCUT2D eigenvalue weighted by Crippen LogP contribution is 2.37. The predicted octanol–water partition coefficient (Wildman–Crippen LogP) is 11.8. The van der Waals surface area contributed by atoms with Gasteiger partial charge in [0.25, 0.3) is 0 Å². The Morgan fingerprint density at radius 1 is 0.250 bits per heavy atom. The van der Waals surface area contributed by atoms with Gasteiger partial charge < -0.3 is 0 Å². The lowest BCUT2D eigenvalue weighted by Gasteiger charge is -2.48. The quantitative estimate of drug-likeness (QED) is 0.0649. The van der Waals surface area contributed by atoms with E-state index < -0.39 is 75.0 Å². The van der Waals surface area contributed by atoms with Gasteiger partial charge in [-0.3, -0.25) is 0 Å². The molecule has 7 aromatic rings. The molecule has 0 heterocycles. The summed E-state index contributed by atoms with van der Waals surface area (Å²) in [6.45, 7) is 0. The van der Waals surface area contributed by atoms with E-state index in [0.717, 1.165) is 48.5 Å². The average Bonchev–Trinajstić information content (AvgIpc) is 3.22. The summed E-state index contributed by atoms with van der Waals surface area (Å²) in [6, 6.07) is 42.8. The van der Waals surface area contributed by atoms with E-state index in [2.05, 4.69) is 91.0 Å². The second kappa shape index (κ2) is 17.1. The predicted molar refractivity (Wildman–Crippen MR) is 210 cm³/mol. The molecule has 0 N–H and O–H groups in total. The van der Waals surface area contributed by atoms with Crippen molar-refractivity contribution in [2.24, 2.45) is 0 Å². The van der Waals surface area contributed by atoms with Crippen molar-refractivity contribution in [3.05, 3.63) is 233 Å². The fourth-order valence-corrected chi connectivity index (χ4v) is 7.85. The Morgan fingerprint density at radius 2 is 0.433 bits per heavy atom. The zero-order valence-electron chi connectivity index (χ0n) is 31.0. The van der Waals surface area contributed by atoms with Crippen LogP contribution in [-0.4, -0.2) is 6.15 Å². The molecule has 0 fully saturated rings. The SMILES string of the molecule is FC(F)(F)c1ccccc1[B-](c1ccccc1C(F)(F)F)(c1ccccc1C(F)(F)F)c1ccccc1C(F)(F)F.c1ccc([C+](c2ccccc2)c2ccccc2)cc1. The molecule has 0 nitrogen and oxygen atoms in total. The molecule has 0 aliphatic heterocycles. The number of hydrogen-bond donors (Lipinski definition) is 0. The van der Waals surface area contributed by atoms with Crippen molar-refractivity contribution in [1.29, 1.82) is 0 Å². The van der Waals surface area contributed by atoms with Crippen LogP contribution in [0.15, 0.2) is 188 Å². The lowest BCUT2D eigenvalue weighted by molar-refractivity contribution is -0.137. The van der Waals surface area contributed by atoms with Crippen LogP contribution in [0.3, 0.4) is 0 Å². The third kappa shape index (κ3) is 8.95. The molecule has 7 aromatic carbocycles. The summed E-state index contributed by atoms with van der Waals surface area (Å²) in [5.74, 6) is 1.28. The molecule has 0 saturated carbocycles. The van der Waals surface area contributed by atoms with E-state index in [-0.39, 0.29) is 0 Å². The number of alkyl halides is 12.